The number of halogens is 1. The zero-order valence-electron chi connectivity index (χ0n) is 12.1. The molecule has 1 aromatic rings. The molecular formula is C14H19ClN2O4. The summed E-state index contributed by atoms with van der Waals surface area (Å²) in [5, 5.41) is 21.2. The lowest BCUT2D eigenvalue weighted by molar-refractivity contribution is -0.141. The first-order valence-electron chi connectivity index (χ1n) is 6.43. The summed E-state index contributed by atoms with van der Waals surface area (Å²) >= 11 is 5.91. The third kappa shape index (κ3) is 4.61. The standard InChI is InChI=1S/C14H19ClN2O4/c1-8(10-5-4-6-11(15)7-10)17(3)14(21)16-12(9(2)18)13(19)20/h4-9,12,18H,1-3H3,(H,16,21)(H,19,20). The first-order valence-corrected chi connectivity index (χ1v) is 6.81. The van der Waals surface area contributed by atoms with Crippen LogP contribution in [-0.2, 0) is 4.79 Å². The molecule has 0 aliphatic carbocycles. The molecule has 6 nitrogen and oxygen atoms in total. The average Bonchev–Trinajstić information content (AvgIpc) is 2.42. The quantitative estimate of drug-likeness (QED) is 0.774. The molecule has 0 radical (unpaired) electrons. The van der Waals surface area contributed by atoms with Gasteiger partial charge < -0.3 is 20.4 Å². The number of urea groups is 1. The molecular weight excluding hydrogens is 296 g/mol. The van der Waals surface area contributed by atoms with E-state index in [9.17, 15) is 14.7 Å². The molecule has 0 aromatic heterocycles. The van der Waals surface area contributed by atoms with Crippen molar-refractivity contribution >= 4 is 23.6 Å². The molecule has 1 aromatic carbocycles. The molecule has 21 heavy (non-hydrogen) atoms. The Kier molecular flexibility index (Phi) is 5.99. The van der Waals surface area contributed by atoms with Gasteiger partial charge in [-0.1, -0.05) is 23.7 Å². The molecule has 0 spiro atoms. The summed E-state index contributed by atoms with van der Waals surface area (Å²) in [6.45, 7) is 3.10. The summed E-state index contributed by atoms with van der Waals surface area (Å²) < 4.78 is 0. The lowest BCUT2D eigenvalue weighted by atomic mass is 10.1. The molecule has 0 saturated heterocycles. The van der Waals surface area contributed by atoms with Gasteiger partial charge in [-0.05, 0) is 31.5 Å². The van der Waals surface area contributed by atoms with Crippen LogP contribution in [0.2, 0.25) is 5.02 Å². The molecule has 3 N–H and O–H groups in total. The number of carboxylic acids is 1. The number of carbonyl (C=O) groups is 2. The number of carbonyl (C=O) groups excluding carboxylic acids is 1. The Bertz CT molecular complexity index is 521. The van der Waals surface area contributed by atoms with Gasteiger partial charge >= 0.3 is 12.0 Å². The van der Waals surface area contributed by atoms with Crippen molar-refractivity contribution in [3.8, 4) is 0 Å². The number of hydrogen-bond donors (Lipinski definition) is 3. The van der Waals surface area contributed by atoms with E-state index in [1.165, 1.54) is 11.8 Å². The van der Waals surface area contributed by atoms with E-state index in [-0.39, 0.29) is 6.04 Å². The van der Waals surface area contributed by atoms with Gasteiger partial charge in [0.2, 0.25) is 0 Å². The van der Waals surface area contributed by atoms with Crippen LogP contribution in [0, 0.1) is 0 Å². The Morgan fingerprint density at radius 3 is 2.43 bits per heavy atom. The number of rotatable bonds is 5. The lowest BCUT2D eigenvalue weighted by Gasteiger charge is -2.28. The van der Waals surface area contributed by atoms with Gasteiger partial charge in [-0.2, -0.15) is 0 Å². The molecule has 0 fully saturated rings. The summed E-state index contributed by atoms with van der Waals surface area (Å²) in [5.41, 5.74) is 0.823. The van der Waals surface area contributed by atoms with Gasteiger partial charge in [0, 0.05) is 12.1 Å². The molecule has 2 amide bonds. The number of nitrogens with one attached hydrogen (secondary N) is 1. The van der Waals surface area contributed by atoms with Crippen molar-refractivity contribution in [1.29, 1.82) is 0 Å². The molecule has 3 unspecified atom stereocenters. The van der Waals surface area contributed by atoms with Gasteiger partial charge in [0.25, 0.3) is 0 Å². The molecule has 0 aliphatic rings. The number of amides is 2. The Balaban J connectivity index is 2.80. The molecule has 0 aliphatic heterocycles. The van der Waals surface area contributed by atoms with Crippen LogP contribution in [0.3, 0.4) is 0 Å². The van der Waals surface area contributed by atoms with Crippen LogP contribution in [-0.4, -0.2) is 46.3 Å². The van der Waals surface area contributed by atoms with Crippen LogP contribution in [0.5, 0.6) is 0 Å². The number of aliphatic hydroxyl groups is 1. The third-order valence-electron chi connectivity index (χ3n) is 3.26. The Morgan fingerprint density at radius 2 is 1.95 bits per heavy atom. The average molecular weight is 315 g/mol. The van der Waals surface area contributed by atoms with Crippen molar-refractivity contribution in [2.75, 3.05) is 7.05 Å². The zero-order chi connectivity index (χ0) is 16.2. The van der Waals surface area contributed by atoms with Crippen molar-refractivity contribution in [3.63, 3.8) is 0 Å². The summed E-state index contributed by atoms with van der Waals surface area (Å²) in [6.07, 6.45) is -1.19. The monoisotopic (exact) mass is 314 g/mol. The Morgan fingerprint density at radius 1 is 1.33 bits per heavy atom. The third-order valence-corrected chi connectivity index (χ3v) is 3.49. The number of nitrogens with zero attached hydrogens (tertiary/aromatic N) is 1. The van der Waals surface area contributed by atoms with Crippen LogP contribution in [0.25, 0.3) is 0 Å². The van der Waals surface area contributed by atoms with Crippen molar-refractivity contribution < 1.29 is 19.8 Å². The largest absolute Gasteiger partial charge is 0.480 e. The van der Waals surface area contributed by atoms with Crippen LogP contribution >= 0.6 is 11.6 Å². The summed E-state index contributed by atoms with van der Waals surface area (Å²) in [6, 6.07) is 4.82. The molecule has 0 bridgehead atoms. The normalized spacial score (nSPS) is 14.9. The van der Waals surface area contributed by atoms with Gasteiger partial charge in [-0.25, -0.2) is 9.59 Å². The lowest BCUT2D eigenvalue weighted by Crippen LogP contribution is -2.51. The van der Waals surface area contributed by atoms with Crippen LogP contribution in [0.1, 0.15) is 25.5 Å². The molecule has 0 saturated carbocycles. The smallest absolute Gasteiger partial charge is 0.328 e. The maximum atomic E-state index is 12.1. The van der Waals surface area contributed by atoms with Crippen LogP contribution in [0.4, 0.5) is 4.79 Å². The SMILES string of the molecule is CC(O)C(NC(=O)N(C)C(C)c1cccc(Cl)c1)C(=O)O. The second-order valence-corrected chi connectivity index (χ2v) is 5.28. The van der Waals surface area contributed by atoms with E-state index < -0.39 is 24.1 Å². The molecule has 7 heteroatoms. The second-order valence-electron chi connectivity index (χ2n) is 4.85. The Hall–Kier alpha value is -1.79. The van der Waals surface area contributed by atoms with Gasteiger partial charge in [0.1, 0.15) is 0 Å². The van der Waals surface area contributed by atoms with Crippen molar-refractivity contribution in [2.45, 2.75) is 32.0 Å². The van der Waals surface area contributed by atoms with Crippen LogP contribution < -0.4 is 5.32 Å². The molecule has 3 atom stereocenters. The van der Waals surface area contributed by atoms with E-state index >= 15 is 0 Å². The summed E-state index contributed by atoms with van der Waals surface area (Å²) in [5.74, 6) is -1.29. The maximum Gasteiger partial charge on any atom is 0.328 e. The number of aliphatic hydroxyl groups excluding tert-OH is 1. The maximum absolute atomic E-state index is 12.1. The fourth-order valence-electron chi connectivity index (χ4n) is 1.79. The minimum absolute atomic E-state index is 0.299. The first-order chi connectivity index (χ1) is 9.73. The van der Waals surface area contributed by atoms with Gasteiger partial charge in [-0.15, -0.1) is 0 Å². The minimum atomic E-state index is -1.36. The topological polar surface area (TPSA) is 89.9 Å². The van der Waals surface area contributed by atoms with Crippen molar-refractivity contribution in [1.82, 2.24) is 10.2 Å². The number of benzene rings is 1. The number of hydrogen-bond acceptors (Lipinski definition) is 3. The highest BCUT2D eigenvalue weighted by atomic mass is 35.5. The highest BCUT2D eigenvalue weighted by molar-refractivity contribution is 6.30. The fourth-order valence-corrected chi connectivity index (χ4v) is 1.99. The van der Waals surface area contributed by atoms with E-state index in [0.29, 0.717) is 5.02 Å². The first kappa shape index (κ1) is 17.3. The highest BCUT2D eigenvalue weighted by Gasteiger charge is 2.27. The van der Waals surface area contributed by atoms with E-state index in [4.69, 9.17) is 16.7 Å². The van der Waals surface area contributed by atoms with Gasteiger partial charge in [0.15, 0.2) is 6.04 Å². The number of aliphatic carboxylic acids is 1. The van der Waals surface area contributed by atoms with E-state index in [0.717, 1.165) is 5.56 Å². The summed E-state index contributed by atoms with van der Waals surface area (Å²) in [4.78, 5) is 24.4. The van der Waals surface area contributed by atoms with E-state index in [1.807, 2.05) is 6.07 Å². The van der Waals surface area contributed by atoms with Crippen molar-refractivity contribution in [2.24, 2.45) is 0 Å². The molecule has 0 heterocycles. The fraction of sp³-hybridized carbons (Fsp3) is 0.429. The predicted molar refractivity (Wildman–Crippen MR) is 79.3 cm³/mol. The van der Waals surface area contributed by atoms with Crippen molar-refractivity contribution in [3.05, 3.63) is 34.9 Å². The van der Waals surface area contributed by atoms with Gasteiger partial charge in [-0.3, -0.25) is 0 Å². The van der Waals surface area contributed by atoms with E-state index in [1.54, 1.807) is 32.2 Å². The molecule has 116 valence electrons. The Labute approximate surface area is 128 Å². The highest BCUT2D eigenvalue weighted by Crippen LogP contribution is 2.21. The zero-order valence-corrected chi connectivity index (χ0v) is 12.8. The van der Waals surface area contributed by atoms with Gasteiger partial charge in [0.05, 0.1) is 12.1 Å². The number of carboxylic acid groups (broad SMARTS) is 1. The second kappa shape index (κ2) is 7.28. The van der Waals surface area contributed by atoms with E-state index in [2.05, 4.69) is 5.32 Å². The predicted octanol–water partition coefficient (Wildman–Crippen LogP) is 1.88. The summed E-state index contributed by atoms with van der Waals surface area (Å²) in [7, 11) is 1.54. The van der Waals surface area contributed by atoms with Crippen LogP contribution in [0.15, 0.2) is 24.3 Å². The minimum Gasteiger partial charge on any atom is -0.480 e. The molecule has 1 rings (SSSR count).